The van der Waals surface area contributed by atoms with E-state index in [2.05, 4.69) is 66.9 Å². The maximum absolute atomic E-state index is 12.9. The molecule has 186 valence electrons. The largest absolute Gasteiger partial charge is 0.444 e. The van der Waals surface area contributed by atoms with Crippen molar-refractivity contribution in [3.63, 3.8) is 0 Å². The minimum atomic E-state index is -1.87. The van der Waals surface area contributed by atoms with Crippen molar-refractivity contribution in [3.05, 3.63) is 29.1 Å². The van der Waals surface area contributed by atoms with Crippen molar-refractivity contribution in [1.82, 2.24) is 9.88 Å². The summed E-state index contributed by atoms with van der Waals surface area (Å²) in [6, 6.07) is 2.04. The van der Waals surface area contributed by atoms with Crippen LogP contribution in [0.15, 0.2) is 12.3 Å². The number of hydrogen-bond acceptors (Lipinski definition) is 3. The van der Waals surface area contributed by atoms with E-state index in [1.807, 2.05) is 46.9 Å². The van der Waals surface area contributed by atoms with E-state index < -0.39 is 13.7 Å². The van der Waals surface area contributed by atoms with E-state index in [0.29, 0.717) is 23.2 Å². The van der Waals surface area contributed by atoms with Gasteiger partial charge in [-0.3, -0.25) is 0 Å². The highest BCUT2D eigenvalue weighted by Gasteiger charge is 2.41. The summed E-state index contributed by atoms with van der Waals surface area (Å²) < 4.78 is 5.68. The van der Waals surface area contributed by atoms with Crippen LogP contribution in [-0.4, -0.2) is 35.7 Å². The van der Waals surface area contributed by atoms with Crippen molar-refractivity contribution in [2.24, 2.45) is 0 Å². The summed E-state index contributed by atoms with van der Waals surface area (Å²) in [6.07, 6.45) is 1.55. The first-order valence-corrected chi connectivity index (χ1v) is 14.8. The fourth-order valence-electron chi connectivity index (χ4n) is 4.96. The lowest BCUT2D eigenvalue weighted by atomic mass is 9.95. The molecule has 4 nitrogen and oxygen atoms in total. The smallest absolute Gasteiger partial charge is 0.410 e. The van der Waals surface area contributed by atoms with Gasteiger partial charge in [0.05, 0.1) is 0 Å². The molecule has 0 bridgehead atoms. The first-order chi connectivity index (χ1) is 15.0. The van der Waals surface area contributed by atoms with Gasteiger partial charge in [0.2, 0.25) is 0 Å². The second kappa shape index (κ2) is 11.6. The van der Waals surface area contributed by atoms with Gasteiger partial charge in [0, 0.05) is 18.8 Å². The van der Waals surface area contributed by atoms with Crippen LogP contribution in [0.3, 0.4) is 0 Å². The van der Waals surface area contributed by atoms with Gasteiger partial charge in [0.1, 0.15) is 19.4 Å². The van der Waals surface area contributed by atoms with Gasteiger partial charge in [-0.15, -0.1) is 5.54 Å². The second-order valence-electron chi connectivity index (χ2n) is 11.7. The highest BCUT2D eigenvalue weighted by Crippen LogP contribution is 2.41. The molecule has 1 amide bonds. The lowest BCUT2D eigenvalue weighted by Crippen LogP contribution is -2.43. The van der Waals surface area contributed by atoms with E-state index >= 15 is 0 Å². The summed E-state index contributed by atoms with van der Waals surface area (Å²) >= 11 is 0. The van der Waals surface area contributed by atoms with Gasteiger partial charge >= 0.3 is 6.09 Å². The summed E-state index contributed by atoms with van der Waals surface area (Å²) in [4.78, 5) is 19.4. The Kier molecular flexibility index (Phi) is 10.2. The number of carbonyl (C=O) groups excluding carboxylic acids is 1. The maximum atomic E-state index is 12.9. The Morgan fingerprint density at radius 2 is 1.52 bits per heavy atom. The van der Waals surface area contributed by atoms with Crippen molar-refractivity contribution in [3.8, 4) is 11.5 Å². The standard InChI is InChI=1S/C28H48N2O2Si/c1-19(2)26-24(18-30(20(3)4)27(31)32-28(11,12)13)14-16-29-25(26)15-17-33(21(5)6,22(7)8)23(9)10/h14,16,19-23H,18H2,1-13H3. The van der Waals surface area contributed by atoms with Crippen LogP contribution < -0.4 is 0 Å². The van der Waals surface area contributed by atoms with E-state index in [-0.39, 0.29) is 18.1 Å². The number of ether oxygens (including phenoxy) is 1. The first kappa shape index (κ1) is 29.2. The molecule has 0 saturated heterocycles. The molecule has 33 heavy (non-hydrogen) atoms. The van der Waals surface area contributed by atoms with Crippen LogP contribution in [0.2, 0.25) is 16.6 Å². The van der Waals surface area contributed by atoms with Gasteiger partial charge in [0.25, 0.3) is 0 Å². The molecule has 0 fully saturated rings. The molecule has 0 atom stereocenters. The summed E-state index contributed by atoms with van der Waals surface area (Å²) in [6.45, 7) is 28.6. The maximum Gasteiger partial charge on any atom is 0.410 e. The fourth-order valence-corrected chi connectivity index (χ4v) is 10.2. The molecule has 1 rings (SSSR count). The third-order valence-electron chi connectivity index (χ3n) is 6.51. The molecule has 5 heteroatoms. The summed E-state index contributed by atoms with van der Waals surface area (Å²) in [5.41, 5.74) is 8.08. The number of nitrogens with zero attached hydrogens (tertiary/aromatic N) is 2. The molecule has 0 aromatic carbocycles. The molecule has 1 aromatic heterocycles. The molecule has 0 aliphatic rings. The molecule has 0 unspecified atom stereocenters. The lowest BCUT2D eigenvalue weighted by molar-refractivity contribution is 0.0171. The van der Waals surface area contributed by atoms with Crippen molar-refractivity contribution in [2.45, 2.75) is 131 Å². The van der Waals surface area contributed by atoms with E-state index in [1.54, 1.807) is 4.90 Å². The number of pyridine rings is 1. The van der Waals surface area contributed by atoms with Crippen molar-refractivity contribution in [1.29, 1.82) is 0 Å². The Bertz CT molecular complexity index is 833. The molecular formula is C28H48N2O2Si. The number of hydrogen-bond donors (Lipinski definition) is 0. The average Bonchev–Trinajstić information content (AvgIpc) is 2.63. The molecule has 0 aliphatic carbocycles. The van der Waals surface area contributed by atoms with Gasteiger partial charge in [-0.2, -0.15) is 0 Å². The Morgan fingerprint density at radius 1 is 1.00 bits per heavy atom. The zero-order valence-electron chi connectivity index (χ0n) is 23.5. The Labute approximate surface area is 204 Å². The van der Waals surface area contributed by atoms with Gasteiger partial charge in [-0.25, -0.2) is 9.78 Å². The number of amides is 1. The first-order valence-electron chi connectivity index (χ1n) is 12.5. The second-order valence-corrected chi connectivity index (χ2v) is 17.3. The molecule has 0 saturated carbocycles. The molecule has 0 radical (unpaired) electrons. The van der Waals surface area contributed by atoms with Crippen LogP contribution >= 0.6 is 0 Å². The number of aromatic nitrogens is 1. The molecule has 1 aromatic rings. The summed E-state index contributed by atoms with van der Waals surface area (Å²) in [5.74, 6) is 3.80. The normalized spacial score (nSPS) is 12.5. The van der Waals surface area contributed by atoms with Crippen molar-refractivity contribution < 1.29 is 9.53 Å². The summed E-state index contributed by atoms with van der Waals surface area (Å²) in [5, 5.41) is 0. The van der Waals surface area contributed by atoms with Gasteiger partial charge < -0.3 is 9.64 Å². The Morgan fingerprint density at radius 3 is 1.91 bits per heavy atom. The van der Waals surface area contributed by atoms with E-state index in [4.69, 9.17) is 9.72 Å². The van der Waals surface area contributed by atoms with Crippen LogP contribution in [0.1, 0.15) is 113 Å². The van der Waals surface area contributed by atoms with Crippen LogP contribution in [0.5, 0.6) is 0 Å². The summed E-state index contributed by atoms with van der Waals surface area (Å²) in [7, 11) is -1.87. The molecular weight excluding hydrogens is 424 g/mol. The molecule has 0 spiro atoms. The third kappa shape index (κ3) is 7.34. The van der Waals surface area contributed by atoms with Gasteiger partial charge in [-0.05, 0) is 74.4 Å². The Hall–Kier alpha value is -1.80. The third-order valence-corrected chi connectivity index (χ3v) is 12.8. The highest BCUT2D eigenvalue weighted by molar-refractivity contribution is 6.90. The zero-order valence-corrected chi connectivity index (χ0v) is 24.5. The van der Waals surface area contributed by atoms with Crippen LogP contribution in [-0.2, 0) is 11.3 Å². The lowest BCUT2D eigenvalue weighted by Gasteiger charge is -2.38. The van der Waals surface area contributed by atoms with E-state index in [0.717, 1.165) is 16.8 Å². The topological polar surface area (TPSA) is 42.4 Å². The molecule has 0 N–H and O–H groups in total. The van der Waals surface area contributed by atoms with E-state index in [9.17, 15) is 4.79 Å². The van der Waals surface area contributed by atoms with Gasteiger partial charge in [-0.1, -0.05) is 61.3 Å². The van der Waals surface area contributed by atoms with Crippen molar-refractivity contribution >= 4 is 14.2 Å². The molecule has 0 aliphatic heterocycles. The minimum Gasteiger partial charge on any atom is -0.444 e. The van der Waals surface area contributed by atoms with E-state index in [1.165, 1.54) is 0 Å². The minimum absolute atomic E-state index is 0.0189. The predicted octanol–water partition coefficient (Wildman–Crippen LogP) is 7.92. The zero-order chi connectivity index (χ0) is 25.7. The monoisotopic (exact) mass is 472 g/mol. The highest BCUT2D eigenvalue weighted by atomic mass is 28.3. The van der Waals surface area contributed by atoms with Crippen LogP contribution in [0.25, 0.3) is 0 Å². The number of rotatable bonds is 7. The van der Waals surface area contributed by atoms with Gasteiger partial charge in [0.15, 0.2) is 0 Å². The van der Waals surface area contributed by atoms with Crippen molar-refractivity contribution in [2.75, 3.05) is 0 Å². The SMILES string of the molecule is CC(C)c1c(CN(C(=O)OC(C)(C)C)C(C)C)ccnc1C#C[Si](C(C)C)(C(C)C)C(C)C. The predicted molar refractivity (Wildman–Crippen MR) is 143 cm³/mol. The van der Waals surface area contributed by atoms with Crippen LogP contribution in [0, 0.1) is 11.5 Å². The number of carbonyl (C=O) groups is 1. The molecule has 1 heterocycles. The fraction of sp³-hybridized carbons (Fsp3) is 0.714. The quantitative estimate of drug-likeness (QED) is 0.299. The van der Waals surface area contributed by atoms with Crippen LogP contribution in [0.4, 0.5) is 4.79 Å². The Balaban J connectivity index is 3.55. The average molecular weight is 473 g/mol.